The molecule has 0 bridgehead atoms. The molecule has 1 N–H and O–H groups in total. The van der Waals surface area contributed by atoms with Gasteiger partial charge in [-0.15, -0.1) is 11.3 Å². The lowest BCUT2D eigenvalue weighted by Crippen LogP contribution is -2.16. The van der Waals surface area contributed by atoms with Crippen molar-refractivity contribution in [2.75, 3.05) is 19.0 Å². The smallest absolute Gasteiger partial charge is 0.413 e. The van der Waals surface area contributed by atoms with Gasteiger partial charge in [0.05, 0.1) is 25.8 Å². The normalized spacial score (nSPS) is 10.2. The molecule has 7 heteroatoms. The van der Waals surface area contributed by atoms with Crippen molar-refractivity contribution in [3.05, 3.63) is 11.1 Å². The molecular weight excluding hydrogens is 256 g/mol. The topological polar surface area (TPSA) is 77.5 Å². The van der Waals surface area contributed by atoms with E-state index in [1.807, 2.05) is 13.8 Å². The summed E-state index contributed by atoms with van der Waals surface area (Å²) in [6, 6.07) is 0. The van der Waals surface area contributed by atoms with Crippen molar-refractivity contribution in [2.45, 2.75) is 20.3 Å². The number of aromatic nitrogens is 1. The number of rotatable bonds is 5. The highest BCUT2D eigenvalue weighted by molar-refractivity contribution is 7.13. The van der Waals surface area contributed by atoms with Crippen molar-refractivity contribution >= 4 is 28.5 Å². The number of amides is 1. The minimum Gasteiger partial charge on any atom is -0.469 e. The van der Waals surface area contributed by atoms with Gasteiger partial charge in [-0.3, -0.25) is 10.1 Å². The monoisotopic (exact) mass is 272 g/mol. The Morgan fingerprint density at radius 2 is 2.22 bits per heavy atom. The van der Waals surface area contributed by atoms with Crippen LogP contribution in [-0.4, -0.2) is 30.8 Å². The number of nitrogens with zero attached hydrogens (tertiary/aromatic N) is 1. The molecule has 0 atom stereocenters. The van der Waals surface area contributed by atoms with Crippen molar-refractivity contribution in [3.63, 3.8) is 0 Å². The lowest BCUT2D eigenvalue weighted by molar-refractivity contribution is -0.139. The number of thiazole rings is 1. The largest absolute Gasteiger partial charge is 0.469 e. The molecule has 0 aliphatic rings. The second-order valence-electron chi connectivity index (χ2n) is 4.01. The van der Waals surface area contributed by atoms with E-state index in [-0.39, 0.29) is 18.3 Å². The van der Waals surface area contributed by atoms with Gasteiger partial charge in [-0.1, -0.05) is 13.8 Å². The summed E-state index contributed by atoms with van der Waals surface area (Å²) in [5, 5.41) is 4.60. The maximum absolute atomic E-state index is 11.3. The number of hydrogen-bond acceptors (Lipinski definition) is 6. The standard InChI is InChI=1S/C11H16N2O4S/c1-7(2)5-17-11(15)13-10-12-8(6-18-10)4-9(14)16-3/h6-7H,4-5H2,1-3H3,(H,12,13,15). The Labute approximate surface area is 109 Å². The zero-order chi connectivity index (χ0) is 13.5. The Hall–Kier alpha value is -1.63. The number of carbonyl (C=O) groups excluding carboxylic acids is 2. The minimum atomic E-state index is -0.539. The number of carbonyl (C=O) groups is 2. The van der Waals surface area contributed by atoms with Gasteiger partial charge in [0.15, 0.2) is 5.13 Å². The van der Waals surface area contributed by atoms with Gasteiger partial charge >= 0.3 is 12.1 Å². The highest BCUT2D eigenvalue weighted by Gasteiger charge is 2.10. The van der Waals surface area contributed by atoms with E-state index in [4.69, 9.17) is 4.74 Å². The first kappa shape index (κ1) is 14.4. The van der Waals surface area contributed by atoms with E-state index in [1.165, 1.54) is 18.4 Å². The molecule has 1 aromatic rings. The van der Waals surface area contributed by atoms with Gasteiger partial charge in [0.25, 0.3) is 0 Å². The molecule has 1 rings (SSSR count). The molecule has 0 spiro atoms. The Morgan fingerprint density at radius 3 is 2.83 bits per heavy atom. The molecule has 0 aliphatic heterocycles. The number of hydrogen-bond donors (Lipinski definition) is 1. The Balaban J connectivity index is 2.43. The fourth-order valence-corrected chi connectivity index (χ4v) is 1.73. The fourth-order valence-electron chi connectivity index (χ4n) is 1.03. The van der Waals surface area contributed by atoms with Crippen LogP contribution in [0.5, 0.6) is 0 Å². The summed E-state index contributed by atoms with van der Waals surface area (Å²) < 4.78 is 9.47. The summed E-state index contributed by atoms with van der Waals surface area (Å²) in [6.45, 7) is 4.25. The summed E-state index contributed by atoms with van der Waals surface area (Å²) >= 11 is 1.23. The molecule has 6 nitrogen and oxygen atoms in total. The van der Waals surface area contributed by atoms with Crippen LogP contribution in [0.2, 0.25) is 0 Å². The van der Waals surface area contributed by atoms with Crippen LogP contribution in [0, 0.1) is 5.92 Å². The number of esters is 1. The number of anilines is 1. The molecule has 0 fully saturated rings. The van der Waals surface area contributed by atoms with E-state index < -0.39 is 6.09 Å². The molecule has 0 saturated carbocycles. The van der Waals surface area contributed by atoms with Crippen LogP contribution >= 0.6 is 11.3 Å². The molecule has 18 heavy (non-hydrogen) atoms. The second-order valence-corrected chi connectivity index (χ2v) is 4.87. The molecule has 0 unspecified atom stereocenters. The van der Waals surface area contributed by atoms with Crippen LogP contribution in [-0.2, 0) is 20.7 Å². The molecule has 100 valence electrons. The lowest BCUT2D eigenvalue weighted by Gasteiger charge is -2.06. The van der Waals surface area contributed by atoms with Gasteiger partial charge in [-0.25, -0.2) is 9.78 Å². The number of methoxy groups -OCH3 is 1. The fraction of sp³-hybridized carbons (Fsp3) is 0.545. The Kier molecular flexibility index (Phi) is 5.57. The molecule has 1 heterocycles. The van der Waals surface area contributed by atoms with E-state index in [9.17, 15) is 9.59 Å². The van der Waals surface area contributed by atoms with Gasteiger partial charge < -0.3 is 9.47 Å². The van der Waals surface area contributed by atoms with Crippen LogP contribution in [0.3, 0.4) is 0 Å². The van der Waals surface area contributed by atoms with Crippen molar-refractivity contribution in [2.24, 2.45) is 5.92 Å². The molecule has 0 saturated heterocycles. The van der Waals surface area contributed by atoms with E-state index in [0.29, 0.717) is 17.4 Å². The van der Waals surface area contributed by atoms with Crippen LogP contribution in [0.4, 0.5) is 9.93 Å². The summed E-state index contributed by atoms with van der Waals surface area (Å²) in [4.78, 5) is 26.4. The maximum atomic E-state index is 11.3. The molecule has 0 aliphatic carbocycles. The summed E-state index contributed by atoms with van der Waals surface area (Å²) in [6.07, 6.45) is -0.446. The number of nitrogens with one attached hydrogen (secondary N) is 1. The predicted octanol–water partition coefficient (Wildman–Crippen LogP) is 2.06. The first-order valence-corrected chi connectivity index (χ1v) is 6.34. The van der Waals surface area contributed by atoms with Gasteiger partial charge in [0.1, 0.15) is 0 Å². The van der Waals surface area contributed by atoms with Gasteiger partial charge in [0, 0.05) is 5.38 Å². The quantitative estimate of drug-likeness (QED) is 0.830. The zero-order valence-corrected chi connectivity index (χ0v) is 11.4. The molecule has 1 aromatic heterocycles. The summed E-state index contributed by atoms with van der Waals surface area (Å²) in [5.74, 6) is -0.0869. The van der Waals surface area contributed by atoms with Crippen LogP contribution in [0.15, 0.2) is 5.38 Å². The number of ether oxygens (including phenoxy) is 2. The zero-order valence-electron chi connectivity index (χ0n) is 10.6. The molecule has 0 aromatic carbocycles. The maximum Gasteiger partial charge on any atom is 0.413 e. The Morgan fingerprint density at radius 1 is 1.50 bits per heavy atom. The van der Waals surface area contributed by atoms with Gasteiger partial charge in [-0.05, 0) is 5.92 Å². The first-order chi connectivity index (χ1) is 8.51. The first-order valence-electron chi connectivity index (χ1n) is 5.46. The van der Waals surface area contributed by atoms with E-state index >= 15 is 0 Å². The van der Waals surface area contributed by atoms with Crippen molar-refractivity contribution in [3.8, 4) is 0 Å². The van der Waals surface area contributed by atoms with Crippen molar-refractivity contribution in [1.82, 2.24) is 4.98 Å². The van der Waals surface area contributed by atoms with E-state index in [2.05, 4.69) is 15.0 Å². The van der Waals surface area contributed by atoms with E-state index in [1.54, 1.807) is 5.38 Å². The summed E-state index contributed by atoms with van der Waals surface area (Å²) in [5.41, 5.74) is 0.561. The lowest BCUT2D eigenvalue weighted by atomic mass is 10.2. The molecule has 0 radical (unpaired) electrons. The van der Waals surface area contributed by atoms with Crippen LogP contribution in [0.25, 0.3) is 0 Å². The SMILES string of the molecule is COC(=O)Cc1csc(NC(=O)OCC(C)C)n1. The average molecular weight is 272 g/mol. The highest BCUT2D eigenvalue weighted by atomic mass is 32.1. The van der Waals surface area contributed by atoms with Crippen LogP contribution in [0.1, 0.15) is 19.5 Å². The highest BCUT2D eigenvalue weighted by Crippen LogP contribution is 2.16. The third-order valence-corrected chi connectivity index (χ3v) is 2.67. The van der Waals surface area contributed by atoms with Crippen LogP contribution < -0.4 is 5.32 Å². The van der Waals surface area contributed by atoms with Gasteiger partial charge in [0.2, 0.25) is 0 Å². The van der Waals surface area contributed by atoms with E-state index in [0.717, 1.165) is 0 Å². The predicted molar refractivity (Wildman–Crippen MR) is 67.6 cm³/mol. The average Bonchev–Trinajstić information content (AvgIpc) is 2.73. The molecular formula is C11H16N2O4S. The summed E-state index contributed by atoms with van der Waals surface area (Å²) in [7, 11) is 1.32. The second kappa shape index (κ2) is 6.95. The Bertz CT molecular complexity index is 417. The van der Waals surface area contributed by atoms with Gasteiger partial charge in [-0.2, -0.15) is 0 Å². The minimum absolute atomic E-state index is 0.0930. The third-order valence-electron chi connectivity index (χ3n) is 1.86. The van der Waals surface area contributed by atoms with Crippen molar-refractivity contribution < 1.29 is 19.1 Å². The van der Waals surface area contributed by atoms with Crippen molar-refractivity contribution in [1.29, 1.82) is 0 Å². The third kappa shape index (κ3) is 5.13. The molecule has 1 amide bonds.